The topological polar surface area (TPSA) is 60.5 Å². The molecule has 0 bridgehead atoms. The first-order valence-corrected chi connectivity index (χ1v) is 12.5. The molecule has 0 unspecified atom stereocenters. The summed E-state index contributed by atoms with van der Waals surface area (Å²) in [6, 6.07) is 9.96. The Hall–Kier alpha value is -2.29. The van der Waals surface area contributed by atoms with Gasteiger partial charge in [0.1, 0.15) is 0 Å². The molecule has 9 heteroatoms. The van der Waals surface area contributed by atoms with E-state index in [0.717, 1.165) is 78.0 Å². The van der Waals surface area contributed by atoms with Crippen molar-refractivity contribution >= 4 is 30.1 Å². The summed E-state index contributed by atoms with van der Waals surface area (Å²) in [5.41, 5.74) is 2.20. The summed E-state index contributed by atoms with van der Waals surface area (Å²) in [4.78, 5) is 18.3. The lowest BCUT2D eigenvalue weighted by Gasteiger charge is -2.22. The molecule has 2 aromatic rings. The standard InChI is InChI=1S/C26H36N2O5S.ClH/c1-27(13-14-34-21-7-8-22(30-2)25(18-21)33-5)10-6-11-28-12-9-19-15-23(31-3)24(32-4)16-20(19)17-26(28)29;/h7-8,15-16,18H,6,9-14,17H2,1-5H3;1H. The van der Waals surface area contributed by atoms with Crippen molar-refractivity contribution in [1.82, 2.24) is 9.80 Å². The maximum atomic E-state index is 12.9. The van der Waals surface area contributed by atoms with Gasteiger partial charge in [0.25, 0.3) is 0 Å². The Morgan fingerprint density at radius 2 is 1.51 bits per heavy atom. The van der Waals surface area contributed by atoms with Crippen molar-refractivity contribution in [3.8, 4) is 23.0 Å². The van der Waals surface area contributed by atoms with Crippen molar-refractivity contribution in [2.45, 2.75) is 24.2 Å². The number of amides is 1. The lowest BCUT2D eigenvalue weighted by Crippen LogP contribution is -2.35. The van der Waals surface area contributed by atoms with Crippen molar-refractivity contribution in [3.05, 3.63) is 41.5 Å². The molecule has 1 amide bonds. The highest BCUT2D eigenvalue weighted by atomic mass is 35.5. The van der Waals surface area contributed by atoms with Crippen LogP contribution in [0.15, 0.2) is 35.2 Å². The van der Waals surface area contributed by atoms with Gasteiger partial charge in [0.15, 0.2) is 23.0 Å². The summed E-state index contributed by atoms with van der Waals surface area (Å²) < 4.78 is 21.5. The quantitative estimate of drug-likeness (QED) is 0.386. The fourth-order valence-corrected chi connectivity index (χ4v) is 5.11. The SMILES string of the molecule is COc1ccc(SCCN(C)CCCN2CCc3cc(OC)c(OC)cc3CC2=O)cc1OC.Cl. The normalized spacial score (nSPS) is 13.1. The molecular weight excluding hydrogens is 488 g/mol. The van der Waals surface area contributed by atoms with E-state index in [9.17, 15) is 4.79 Å². The van der Waals surface area contributed by atoms with Crippen molar-refractivity contribution < 1.29 is 23.7 Å². The Morgan fingerprint density at radius 1 is 0.886 bits per heavy atom. The number of rotatable bonds is 12. The van der Waals surface area contributed by atoms with E-state index in [4.69, 9.17) is 18.9 Å². The lowest BCUT2D eigenvalue weighted by molar-refractivity contribution is -0.130. The zero-order valence-corrected chi connectivity index (χ0v) is 22.9. The smallest absolute Gasteiger partial charge is 0.227 e. The molecule has 1 aliphatic rings. The van der Waals surface area contributed by atoms with Crippen molar-refractivity contribution in [1.29, 1.82) is 0 Å². The van der Waals surface area contributed by atoms with Crippen LogP contribution in [0.4, 0.5) is 0 Å². The van der Waals surface area contributed by atoms with Gasteiger partial charge in [-0.3, -0.25) is 4.79 Å². The predicted molar refractivity (Wildman–Crippen MR) is 143 cm³/mol. The zero-order chi connectivity index (χ0) is 24.5. The van der Waals surface area contributed by atoms with E-state index in [1.54, 1.807) is 40.2 Å². The molecule has 0 atom stereocenters. The summed E-state index contributed by atoms with van der Waals surface area (Å²) in [5, 5.41) is 0. The molecule has 3 rings (SSSR count). The van der Waals surface area contributed by atoms with Gasteiger partial charge in [-0.25, -0.2) is 0 Å². The van der Waals surface area contributed by atoms with Gasteiger partial charge < -0.3 is 28.7 Å². The molecule has 2 aromatic carbocycles. The number of hydrogen-bond acceptors (Lipinski definition) is 7. The molecule has 194 valence electrons. The largest absolute Gasteiger partial charge is 0.493 e. The number of halogens is 1. The second-order valence-corrected chi connectivity index (χ2v) is 9.47. The number of fused-ring (bicyclic) bond motifs is 1. The van der Waals surface area contributed by atoms with Crippen LogP contribution in [0.5, 0.6) is 23.0 Å². The van der Waals surface area contributed by atoms with E-state index in [0.29, 0.717) is 12.2 Å². The Balaban J connectivity index is 0.00000432. The number of benzene rings is 2. The third-order valence-corrected chi connectivity index (χ3v) is 7.09. The number of hydrogen-bond donors (Lipinski definition) is 0. The van der Waals surface area contributed by atoms with Crippen LogP contribution in [-0.2, 0) is 17.6 Å². The van der Waals surface area contributed by atoms with Gasteiger partial charge in [0, 0.05) is 30.3 Å². The van der Waals surface area contributed by atoms with E-state index in [-0.39, 0.29) is 18.3 Å². The van der Waals surface area contributed by atoms with E-state index in [1.807, 2.05) is 29.2 Å². The van der Waals surface area contributed by atoms with Gasteiger partial charge in [-0.15, -0.1) is 24.2 Å². The highest BCUT2D eigenvalue weighted by Gasteiger charge is 2.22. The molecule has 1 heterocycles. The molecule has 0 saturated heterocycles. The van der Waals surface area contributed by atoms with Crippen LogP contribution in [0.1, 0.15) is 17.5 Å². The average Bonchev–Trinajstić information content (AvgIpc) is 3.00. The molecule has 1 aliphatic heterocycles. The Kier molecular flexibility index (Phi) is 11.8. The number of carbonyl (C=O) groups excluding carboxylic acids is 1. The minimum absolute atomic E-state index is 0. The van der Waals surface area contributed by atoms with Crippen LogP contribution in [0.25, 0.3) is 0 Å². The van der Waals surface area contributed by atoms with Crippen LogP contribution in [0.3, 0.4) is 0 Å². The van der Waals surface area contributed by atoms with Crippen molar-refractivity contribution in [2.75, 3.05) is 67.4 Å². The first-order chi connectivity index (χ1) is 16.5. The van der Waals surface area contributed by atoms with Crippen LogP contribution in [-0.4, -0.2) is 83.1 Å². The number of ether oxygens (including phenoxy) is 4. The number of thioether (sulfide) groups is 1. The van der Waals surface area contributed by atoms with Crippen LogP contribution in [0, 0.1) is 0 Å². The third-order valence-electron chi connectivity index (χ3n) is 6.12. The van der Waals surface area contributed by atoms with Gasteiger partial charge in [-0.1, -0.05) is 0 Å². The van der Waals surface area contributed by atoms with Gasteiger partial charge >= 0.3 is 0 Å². The van der Waals surface area contributed by atoms with E-state index in [1.165, 1.54) is 0 Å². The minimum Gasteiger partial charge on any atom is -0.493 e. The molecule has 0 aromatic heterocycles. The highest BCUT2D eigenvalue weighted by molar-refractivity contribution is 7.99. The van der Waals surface area contributed by atoms with Crippen molar-refractivity contribution in [3.63, 3.8) is 0 Å². The molecule has 0 aliphatic carbocycles. The van der Waals surface area contributed by atoms with Gasteiger partial charge in [0.2, 0.25) is 5.91 Å². The number of nitrogens with zero attached hydrogens (tertiary/aromatic N) is 2. The maximum absolute atomic E-state index is 12.9. The molecule has 0 saturated carbocycles. The molecule has 0 spiro atoms. The zero-order valence-electron chi connectivity index (χ0n) is 21.3. The summed E-state index contributed by atoms with van der Waals surface area (Å²) in [6.45, 7) is 3.43. The van der Waals surface area contributed by atoms with Gasteiger partial charge in [-0.2, -0.15) is 0 Å². The monoisotopic (exact) mass is 524 g/mol. The average molecular weight is 525 g/mol. The van der Waals surface area contributed by atoms with Gasteiger partial charge in [0.05, 0.1) is 34.9 Å². The second-order valence-electron chi connectivity index (χ2n) is 8.31. The summed E-state index contributed by atoms with van der Waals surface area (Å²) in [6.07, 6.45) is 2.19. The van der Waals surface area contributed by atoms with Crippen LogP contribution < -0.4 is 18.9 Å². The van der Waals surface area contributed by atoms with E-state index >= 15 is 0 Å². The van der Waals surface area contributed by atoms with E-state index < -0.39 is 0 Å². The highest BCUT2D eigenvalue weighted by Crippen LogP contribution is 2.33. The van der Waals surface area contributed by atoms with Crippen molar-refractivity contribution in [2.24, 2.45) is 0 Å². The fraction of sp³-hybridized carbons (Fsp3) is 0.500. The van der Waals surface area contributed by atoms with E-state index in [2.05, 4.69) is 18.0 Å². The minimum atomic E-state index is 0. The van der Waals surface area contributed by atoms with Crippen LogP contribution >= 0.6 is 24.2 Å². The summed E-state index contributed by atoms with van der Waals surface area (Å²) >= 11 is 1.80. The number of methoxy groups -OCH3 is 4. The van der Waals surface area contributed by atoms with Gasteiger partial charge in [-0.05, 0) is 67.9 Å². The predicted octanol–water partition coefficient (Wildman–Crippen LogP) is 4.18. The Labute approximate surface area is 219 Å². The first kappa shape index (κ1) is 28.9. The molecular formula is C26H37ClN2O5S. The maximum Gasteiger partial charge on any atom is 0.227 e. The molecule has 0 fully saturated rings. The molecule has 7 nitrogen and oxygen atoms in total. The molecule has 0 N–H and O–H groups in total. The second kappa shape index (κ2) is 14.3. The van der Waals surface area contributed by atoms with Crippen LogP contribution in [0.2, 0.25) is 0 Å². The fourth-order valence-electron chi connectivity index (χ4n) is 4.12. The summed E-state index contributed by atoms with van der Waals surface area (Å²) in [5.74, 6) is 4.05. The lowest BCUT2D eigenvalue weighted by atomic mass is 10.0. The third kappa shape index (κ3) is 7.85. The Bertz CT molecular complexity index is 975. The molecule has 0 radical (unpaired) electrons. The molecule has 35 heavy (non-hydrogen) atoms. The summed E-state index contributed by atoms with van der Waals surface area (Å²) in [7, 11) is 8.69. The first-order valence-electron chi connectivity index (χ1n) is 11.5. The Morgan fingerprint density at radius 3 is 2.17 bits per heavy atom. The number of carbonyl (C=O) groups is 1.